The van der Waals surface area contributed by atoms with Crippen LogP contribution in [0.25, 0.3) is 0 Å². The van der Waals surface area contributed by atoms with Crippen LogP contribution in [0.2, 0.25) is 0 Å². The third-order valence-electron chi connectivity index (χ3n) is 4.10. The summed E-state index contributed by atoms with van der Waals surface area (Å²) < 4.78 is 6.08. The summed E-state index contributed by atoms with van der Waals surface area (Å²) in [5.41, 5.74) is 7.47. The number of hydrogen-bond donors (Lipinski definition) is 1. The molecule has 0 saturated heterocycles. The topological polar surface area (TPSA) is 81.3 Å². The van der Waals surface area contributed by atoms with Gasteiger partial charge in [0.25, 0.3) is 5.91 Å². The van der Waals surface area contributed by atoms with Crippen molar-refractivity contribution < 1.29 is 9.53 Å². The molecule has 1 amide bonds. The van der Waals surface area contributed by atoms with Gasteiger partial charge in [-0.05, 0) is 39.3 Å². The first-order chi connectivity index (χ1) is 12.0. The smallest absolute Gasteiger partial charge is 0.257 e. The minimum Gasteiger partial charge on any atom is -0.484 e. The van der Waals surface area contributed by atoms with Gasteiger partial charge in [0.05, 0.1) is 17.0 Å². The van der Waals surface area contributed by atoms with Crippen molar-refractivity contribution in [2.24, 2.45) is 0 Å². The molecule has 0 aliphatic heterocycles. The quantitative estimate of drug-likeness (QED) is 0.834. The number of anilines is 1. The van der Waals surface area contributed by atoms with Gasteiger partial charge in [-0.2, -0.15) is 0 Å². The molecule has 1 aromatic heterocycles. The van der Waals surface area contributed by atoms with Gasteiger partial charge >= 0.3 is 0 Å². The number of aryl methyl sites for hydroxylation is 1. The number of nitrogen functional groups attached to an aromatic ring is 1. The SMILES string of the molecule is CCC(Oc1ccccc1)c1nc(N)nc(C)c1C(=O)N(CC)CC. The molecule has 1 unspecified atom stereocenters. The van der Waals surface area contributed by atoms with Crippen LogP contribution in [0.1, 0.15) is 55.0 Å². The molecule has 0 spiro atoms. The molecule has 1 aromatic carbocycles. The number of aromatic nitrogens is 2. The van der Waals surface area contributed by atoms with Gasteiger partial charge in [0, 0.05) is 13.1 Å². The van der Waals surface area contributed by atoms with Crippen molar-refractivity contribution in [3.63, 3.8) is 0 Å². The van der Waals surface area contributed by atoms with E-state index >= 15 is 0 Å². The summed E-state index contributed by atoms with van der Waals surface area (Å²) in [5.74, 6) is 0.789. The average molecular weight is 342 g/mol. The van der Waals surface area contributed by atoms with Crippen molar-refractivity contribution in [2.75, 3.05) is 18.8 Å². The fourth-order valence-electron chi connectivity index (χ4n) is 2.78. The van der Waals surface area contributed by atoms with E-state index in [1.165, 1.54) is 0 Å². The van der Waals surface area contributed by atoms with Gasteiger partial charge in [0.2, 0.25) is 5.95 Å². The van der Waals surface area contributed by atoms with Crippen molar-refractivity contribution >= 4 is 11.9 Å². The fraction of sp³-hybridized carbons (Fsp3) is 0.421. The molecule has 2 N–H and O–H groups in total. The third kappa shape index (κ3) is 4.26. The van der Waals surface area contributed by atoms with Gasteiger partial charge in [-0.1, -0.05) is 25.1 Å². The van der Waals surface area contributed by atoms with Crippen LogP contribution in [0.3, 0.4) is 0 Å². The highest BCUT2D eigenvalue weighted by atomic mass is 16.5. The predicted octanol–water partition coefficient (Wildman–Crippen LogP) is 3.38. The first-order valence-corrected chi connectivity index (χ1v) is 8.66. The van der Waals surface area contributed by atoms with Crippen molar-refractivity contribution in [1.29, 1.82) is 0 Å². The van der Waals surface area contributed by atoms with E-state index in [1.54, 1.807) is 11.8 Å². The van der Waals surface area contributed by atoms with E-state index < -0.39 is 0 Å². The van der Waals surface area contributed by atoms with Crippen LogP contribution in [0.4, 0.5) is 5.95 Å². The maximum absolute atomic E-state index is 13.0. The third-order valence-corrected chi connectivity index (χ3v) is 4.10. The van der Waals surface area contributed by atoms with Crippen molar-refractivity contribution in [1.82, 2.24) is 14.9 Å². The van der Waals surface area contributed by atoms with E-state index in [1.807, 2.05) is 51.1 Å². The van der Waals surface area contributed by atoms with E-state index in [9.17, 15) is 4.79 Å². The highest BCUT2D eigenvalue weighted by molar-refractivity contribution is 5.96. The molecular weight excluding hydrogens is 316 g/mol. The molecule has 6 heteroatoms. The lowest BCUT2D eigenvalue weighted by molar-refractivity contribution is 0.0764. The number of hydrogen-bond acceptors (Lipinski definition) is 5. The number of ether oxygens (including phenoxy) is 1. The molecule has 0 radical (unpaired) electrons. The standard InChI is InChI=1S/C19H26N4O2/c1-5-15(25-14-11-9-8-10-12-14)17-16(13(4)21-19(20)22-17)18(24)23(6-2)7-3/h8-12,15H,5-7H2,1-4H3,(H2,20,21,22). The molecule has 2 aromatic rings. The predicted molar refractivity (Wildman–Crippen MR) is 98.5 cm³/mol. The first-order valence-electron chi connectivity index (χ1n) is 8.66. The Morgan fingerprint density at radius 3 is 2.36 bits per heavy atom. The second-order valence-electron chi connectivity index (χ2n) is 5.73. The number of nitrogens with zero attached hydrogens (tertiary/aromatic N) is 3. The number of rotatable bonds is 7. The lowest BCUT2D eigenvalue weighted by Crippen LogP contribution is -2.33. The van der Waals surface area contributed by atoms with Crippen LogP contribution in [-0.4, -0.2) is 33.9 Å². The van der Waals surface area contributed by atoms with Crippen LogP contribution in [0.5, 0.6) is 5.75 Å². The zero-order valence-electron chi connectivity index (χ0n) is 15.3. The van der Waals surface area contributed by atoms with Crippen LogP contribution in [-0.2, 0) is 0 Å². The van der Waals surface area contributed by atoms with Gasteiger partial charge in [-0.3, -0.25) is 4.79 Å². The van der Waals surface area contributed by atoms with E-state index in [-0.39, 0.29) is 18.0 Å². The molecule has 0 aliphatic carbocycles. The van der Waals surface area contributed by atoms with Crippen LogP contribution in [0, 0.1) is 6.92 Å². The highest BCUT2D eigenvalue weighted by Gasteiger charge is 2.27. The molecule has 0 fully saturated rings. The monoisotopic (exact) mass is 342 g/mol. The van der Waals surface area contributed by atoms with Gasteiger partial charge < -0.3 is 15.4 Å². The molecule has 0 aliphatic rings. The molecule has 6 nitrogen and oxygen atoms in total. The zero-order chi connectivity index (χ0) is 18.4. The number of amides is 1. The summed E-state index contributed by atoms with van der Waals surface area (Å²) >= 11 is 0. The molecule has 25 heavy (non-hydrogen) atoms. The number of carbonyl (C=O) groups is 1. The average Bonchev–Trinajstić information content (AvgIpc) is 2.60. The Balaban J connectivity index is 2.48. The second-order valence-corrected chi connectivity index (χ2v) is 5.73. The van der Waals surface area contributed by atoms with Crippen molar-refractivity contribution in [3.8, 4) is 5.75 Å². The van der Waals surface area contributed by atoms with Gasteiger partial charge in [0.1, 0.15) is 11.9 Å². The van der Waals surface area contributed by atoms with Gasteiger partial charge in [-0.25, -0.2) is 9.97 Å². The largest absolute Gasteiger partial charge is 0.484 e. The van der Waals surface area contributed by atoms with Crippen LogP contribution in [0.15, 0.2) is 30.3 Å². The molecule has 1 atom stereocenters. The zero-order valence-corrected chi connectivity index (χ0v) is 15.3. The Bertz CT molecular complexity index is 715. The van der Waals surface area contributed by atoms with Gasteiger partial charge in [0.15, 0.2) is 0 Å². The molecule has 0 bridgehead atoms. The normalized spacial score (nSPS) is 11.8. The Labute approximate surface area is 149 Å². The molecule has 0 saturated carbocycles. The Hall–Kier alpha value is -2.63. The minimum atomic E-state index is -0.374. The molecule has 2 rings (SSSR count). The number of nitrogens with two attached hydrogens (primary N) is 1. The van der Waals surface area contributed by atoms with E-state index in [4.69, 9.17) is 10.5 Å². The van der Waals surface area contributed by atoms with Crippen LogP contribution < -0.4 is 10.5 Å². The van der Waals surface area contributed by atoms with Gasteiger partial charge in [-0.15, -0.1) is 0 Å². The maximum Gasteiger partial charge on any atom is 0.257 e. The van der Waals surface area contributed by atoms with E-state index in [0.29, 0.717) is 36.5 Å². The summed E-state index contributed by atoms with van der Waals surface area (Å²) in [5, 5.41) is 0. The lowest BCUT2D eigenvalue weighted by atomic mass is 10.0. The first kappa shape index (κ1) is 18.7. The summed E-state index contributed by atoms with van der Waals surface area (Å²) in [6.45, 7) is 8.92. The highest BCUT2D eigenvalue weighted by Crippen LogP contribution is 2.28. The summed E-state index contributed by atoms with van der Waals surface area (Å²) in [6.07, 6.45) is 0.282. The Morgan fingerprint density at radius 2 is 1.80 bits per heavy atom. The number of benzene rings is 1. The lowest BCUT2D eigenvalue weighted by Gasteiger charge is -2.24. The molecular formula is C19H26N4O2. The fourth-order valence-corrected chi connectivity index (χ4v) is 2.78. The second kappa shape index (κ2) is 8.46. The van der Waals surface area contributed by atoms with Crippen LogP contribution >= 0.6 is 0 Å². The Morgan fingerprint density at radius 1 is 1.16 bits per heavy atom. The van der Waals surface area contributed by atoms with Crippen molar-refractivity contribution in [3.05, 3.63) is 47.3 Å². The maximum atomic E-state index is 13.0. The van der Waals surface area contributed by atoms with Crippen molar-refractivity contribution in [2.45, 2.75) is 40.2 Å². The molecule has 134 valence electrons. The van der Waals surface area contributed by atoms with E-state index in [2.05, 4.69) is 9.97 Å². The summed E-state index contributed by atoms with van der Waals surface area (Å²) in [4.78, 5) is 23.3. The van der Waals surface area contributed by atoms with E-state index in [0.717, 1.165) is 5.75 Å². The summed E-state index contributed by atoms with van der Waals surface area (Å²) in [7, 11) is 0. The number of carbonyl (C=O) groups excluding carboxylic acids is 1. The summed E-state index contributed by atoms with van der Waals surface area (Å²) in [6, 6.07) is 9.50. The molecule has 1 heterocycles. The Kier molecular flexibility index (Phi) is 6.33. The number of para-hydroxylation sites is 1. The minimum absolute atomic E-state index is 0.0902.